The molecule has 0 spiro atoms. The summed E-state index contributed by atoms with van der Waals surface area (Å²) in [6, 6.07) is 18.6. The maximum Gasteiger partial charge on any atom is 0.263 e. The van der Waals surface area contributed by atoms with E-state index in [4.69, 9.17) is 10.00 Å². The maximum atomic E-state index is 12.3. The molecule has 0 aliphatic carbocycles. The van der Waals surface area contributed by atoms with Crippen molar-refractivity contribution in [1.82, 2.24) is 4.90 Å². The van der Waals surface area contributed by atoms with Crippen LogP contribution in [-0.4, -0.2) is 24.0 Å². The molecule has 4 heteroatoms. The zero-order chi connectivity index (χ0) is 15.9. The van der Waals surface area contributed by atoms with Crippen LogP contribution in [0.5, 0.6) is 5.75 Å². The number of ether oxygens (including phenoxy) is 1. The molecule has 2 rings (SSSR count). The molecule has 0 N–H and O–H groups in total. The molecule has 0 heterocycles. The van der Waals surface area contributed by atoms with E-state index in [1.807, 2.05) is 36.4 Å². The molecule has 22 heavy (non-hydrogen) atoms. The van der Waals surface area contributed by atoms with Gasteiger partial charge >= 0.3 is 0 Å². The molecule has 2 aromatic carbocycles. The summed E-state index contributed by atoms with van der Waals surface area (Å²) in [5.41, 5.74) is 1.58. The van der Waals surface area contributed by atoms with Crippen LogP contribution < -0.4 is 4.74 Å². The van der Waals surface area contributed by atoms with E-state index in [2.05, 4.69) is 0 Å². The summed E-state index contributed by atoms with van der Waals surface area (Å²) in [6.45, 7) is 2.24. The predicted octanol–water partition coefficient (Wildman–Crippen LogP) is 2.98. The zero-order valence-electron chi connectivity index (χ0n) is 12.7. The number of hydrogen-bond donors (Lipinski definition) is 0. The first kappa shape index (κ1) is 15.6. The van der Waals surface area contributed by atoms with Gasteiger partial charge in [0.2, 0.25) is 0 Å². The van der Waals surface area contributed by atoms with Crippen LogP contribution in [0.15, 0.2) is 54.6 Å². The molecule has 0 aliphatic rings. The third-order valence-electron chi connectivity index (χ3n) is 3.26. The van der Waals surface area contributed by atoms with E-state index in [0.29, 0.717) is 17.9 Å². The summed E-state index contributed by atoms with van der Waals surface area (Å²) >= 11 is 0. The van der Waals surface area contributed by atoms with Gasteiger partial charge in [-0.2, -0.15) is 5.26 Å². The number of benzene rings is 2. The van der Waals surface area contributed by atoms with E-state index in [-0.39, 0.29) is 5.91 Å². The molecule has 0 saturated heterocycles. The molecule has 0 fully saturated rings. The third kappa shape index (κ3) is 4.10. The van der Waals surface area contributed by atoms with Crippen molar-refractivity contribution in [3.8, 4) is 11.8 Å². The topological polar surface area (TPSA) is 53.3 Å². The summed E-state index contributed by atoms with van der Waals surface area (Å²) in [6.07, 6.45) is -0.609. The van der Waals surface area contributed by atoms with Gasteiger partial charge in [0.25, 0.3) is 5.91 Å². The SMILES string of the molecule is CC(Oc1cccc(C#N)c1)C(=O)N(C)Cc1ccccc1. The third-order valence-corrected chi connectivity index (χ3v) is 3.26. The number of nitrogens with zero attached hydrogens (tertiary/aromatic N) is 2. The fraction of sp³-hybridized carbons (Fsp3) is 0.222. The van der Waals surface area contributed by atoms with Gasteiger partial charge in [0, 0.05) is 13.6 Å². The second kappa shape index (κ2) is 7.28. The standard InChI is InChI=1S/C18H18N2O2/c1-14(22-17-10-6-9-16(11-17)12-19)18(21)20(2)13-15-7-4-3-5-8-15/h3-11,14H,13H2,1-2H3. The Hall–Kier alpha value is -2.80. The van der Waals surface area contributed by atoms with Crippen LogP contribution in [0.25, 0.3) is 0 Å². The van der Waals surface area contributed by atoms with Crippen LogP contribution in [-0.2, 0) is 11.3 Å². The lowest BCUT2D eigenvalue weighted by molar-refractivity contribution is -0.137. The highest BCUT2D eigenvalue weighted by atomic mass is 16.5. The van der Waals surface area contributed by atoms with Crippen LogP contribution in [0.4, 0.5) is 0 Å². The van der Waals surface area contributed by atoms with E-state index >= 15 is 0 Å². The van der Waals surface area contributed by atoms with Crippen LogP contribution in [0.1, 0.15) is 18.1 Å². The van der Waals surface area contributed by atoms with Crippen molar-refractivity contribution in [3.63, 3.8) is 0 Å². The Morgan fingerprint density at radius 1 is 1.23 bits per heavy atom. The highest BCUT2D eigenvalue weighted by Gasteiger charge is 2.19. The Morgan fingerprint density at radius 3 is 2.64 bits per heavy atom. The summed E-state index contributed by atoms with van der Waals surface area (Å²) in [5.74, 6) is 0.416. The Bertz CT molecular complexity index is 677. The number of nitriles is 1. The number of carbonyl (C=O) groups is 1. The van der Waals surface area contributed by atoms with Gasteiger partial charge in [0.05, 0.1) is 11.6 Å². The molecular weight excluding hydrogens is 276 g/mol. The van der Waals surface area contributed by atoms with Crippen molar-refractivity contribution in [3.05, 3.63) is 65.7 Å². The Labute approximate surface area is 130 Å². The molecule has 0 saturated carbocycles. The molecular formula is C18H18N2O2. The fourth-order valence-corrected chi connectivity index (χ4v) is 2.14. The molecule has 112 valence electrons. The van der Waals surface area contributed by atoms with Crippen LogP contribution in [0.3, 0.4) is 0 Å². The predicted molar refractivity (Wildman–Crippen MR) is 84.2 cm³/mol. The van der Waals surface area contributed by atoms with Crippen molar-refractivity contribution in [2.75, 3.05) is 7.05 Å². The first-order chi connectivity index (χ1) is 10.6. The molecule has 1 atom stereocenters. The average Bonchev–Trinajstić information content (AvgIpc) is 2.55. The molecule has 0 aliphatic heterocycles. The lowest BCUT2D eigenvalue weighted by Gasteiger charge is -2.22. The molecule has 0 radical (unpaired) electrons. The Morgan fingerprint density at radius 2 is 1.95 bits per heavy atom. The lowest BCUT2D eigenvalue weighted by Crippen LogP contribution is -2.37. The largest absolute Gasteiger partial charge is 0.481 e. The zero-order valence-corrected chi connectivity index (χ0v) is 12.7. The van der Waals surface area contributed by atoms with E-state index < -0.39 is 6.10 Å². The summed E-state index contributed by atoms with van der Waals surface area (Å²) in [7, 11) is 1.75. The first-order valence-corrected chi connectivity index (χ1v) is 7.06. The number of rotatable bonds is 5. The maximum absolute atomic E-state index is 12.3. The number of likely N-dealkylation sites (N-methyl/N-ethyl adjacent to an activating group) is 1. The van der Waals surface area contributed by atoms with E-state index in [1.54, 1.807) is 43.1 Å². The van der Waals surface area contributed by atoms with Gasteiger partial charge in [-0.25, -0.2) is 0 Å². The number of carbonyl (C=O) groups excluding carboxylic acids is 1. The van der Waals surface area contributed by atoms with Gasteiger partial charge in [-0.1, -0.05) is 36.4 Å². The van der Waals surface area contributed by atoms with E-state index in [0.717, 1.165) is 5.56 Å². The highest BCUT2D eigenvalue weighted by molar-refractivity contribution is 5.80. The van der Waals surface area contributed by atoms with E-state index in [9.17, 15) is 4.79 Å². The van der Waals surface area contributed by atoms with Crippen molar-refractivity contribution in [2.45, 2.75) is 19.6 Å². The molecule has 1 unspecified atom stereocenters. The van der Waals surface area contributed by atoms with Gasteiger partial charge in [-0.15, -0.1) is 0 Å². The van der Waals surface area contributed by atoms with Gasteiger partial charge < -0.3 is 9.64 Å². The van der Waals surface area contributed by atoms with Crippen molar-refractivity contribution >= 4 is 5.91 Å². The highest BCUT2D eigenvalue weighted by Crippen LogP contribution is 2.15. The quantitative estimate of drug-likeness (QED) is 0.852. The monoisotopic (exact) mass is 294 g/mol. The van der Waals surface area contributed by atoms with Crippen LogP contribution >= 0.6 is 0 Å². The summed E-state index contributed by atoms with van der Waals surface area (Å²) in [5, 5.41) is 8.88. The van der Waals surface area contributed by atoms with Gasteiger partial charge in [-0.3, -0.25) is 4.79 Å². The number of amides is 1. The second-order valence-electron chi connectivity index (χ2n) is 5.08. The lowest BCUT2D eigenvalue weighted by atomic mass is 10.2. The molecule has 0 bridgehead atoms. The minimum Gasteiger partial charge on any atom is -0.481 e. The second-order valence-corrected chi connectivity index (χ2v) is 5.08. The van der Waals surface area contributed by atoms with Crippen molar-refractivity contribution < 1.29 is 9.53 Å². The average molecular weight is 294 g/mol. The normalized spacial score (nSPS) is 11.3. The first-order valence-electron chi connectivity index (χ1n) is 7.06. The molecule has 1 amide bonds. The van der Waals surface area contributed by atoms with Crippen LogP contribution in [0.2, 0.25) is 0 Å². The summed E-state index contributed by atoms with van der Waals surface area (Å²) < 4.78 is 5.64. The van der Waals surface area contributed by atoms with Crippen molar-refractivity contribution in [1.29, 1.82) is 5.26 Å². The molecule has 2 aromatic rings. The van der Waals surface area contributed by atoms with E-state index in [1.165, 1.54) is 0 Å². The van der Waals surface area contributed by atoms with Crippen molar-refractivity contribution in [2.24, 2.45) is 0 Å². The van der Waals surface area contributed by atoms with Crippen LogP contribution in [0, 0.1) is 11.3 Å². The Kier molecular flexibility index (Phi) is 5.16. The minimum absolute atomic E-state index is 0.105. The fourth-order valence-electron chi connectivity index (χ4n) is 2.14. The molecule has 4 nitrogen and oxygen atoms in total. The Balaban J connectivity index is 1.98. The smallest absolute Gasteiger partial charge is 0.263 e. The minimum atomic E-state index is -0.609. The van der Waals surface area contributed by atoms with Gasteiger partial charge in [0.15, 0.2) is 6.10 Å². The molecule has 0 aromatic heterocycles. The summed E-state index contributed by atoms with van der Waals surface area (Å²) in [4.78, 5) is 14.0. The number of hydrogen-bond acceptors (Lipinski definition) is 3. The van der Waals surface area contributed by atoms with Gasteiger partial charge in [-0.05, 0) is 30.7 Å². The van der Waals surface area contributed by atoms with Gasteiger partial charge in [0.1, 0.15) is 5.75 Å².